The standard InChI is InChI=1S/C16H12O3S/c17-16-13(10-12-6-2-1-3-7-12)11-20(18,19)15-9-5-4-8-14(15)16/h1-10H,11H2/b13-10+. The number of fused-ring (bicyclic) bond motifs is 1. The predicted octanol–water partition coefficient (Wildman–Crippen LogP) is 2.74. The molecule has 0 atom stereocenters. The highest BCUT2D eigenvalue weighted by atomic mass is 32.2. The lowest BCUT2D eigenvalue weighted by Gasteiger charge is -2.17. The third-order valence-corrected chi connectivity index (χ3v) is 4.96. The summed E-state index contributed by atoms with van der Waals surface area (Å²) in [5, 5.41) is 0. The van der Waals surface area contributed by atoms with Crippen molar-refractivity contribution in [2.45, 2.75) is 4.90 Å². The highest BCUT2D eigenvalue weighted by molar-refractivity contribution is 7.91. The van der Waals surface area contributed by atoms with Crippen molar-refractivity contribution in [3.63, 3.8) is 0 Å². The van der Waals surface area contributed by atoms with Crippen molar-refractivity contribution in [2.75, 3.05) is 5.75 Å². The van der Waals surface area contributed by atoms with Crippen LogP contribution in [0.4, 0.5) is 0 Å². The zero-order valence-electron chi connectivity index (χ0n) is 10.6. The predicted molar refractivity (Wildman–Crippen MR) is 77.2 cm³/mol. The molecular formula is C16H12O3S. The molecule has 0 aliphatic carbocycles. The lowest BCUT2D eigenvalue weighted by atomic mass is 10.0. The molecule has 0 saturated heterocycles. The molecule has 0 aromatic heterocycles. The maximum Gasteiger partial charge on any atom is 0.191 e. The average Bonchev–Trinajstić information content (AvgIpc) is 2.46. The second-order valence-corrected chi connectivity index (χ2v) is 6.62. The van der Waals surface area contributed by atoms with E-state index >= 15 is 0 Å². The summed E-state index contributed by atoms with van der Waals surface area (Å²) >= 11 is 0. The van der Waals surface area contributed by atoms with Crippen molar-refractivity contribution >= 4 is 21.7 Å². The van der Waals surface area contributed by atoms with Gasteiger partial charge in [0.1, 0.15) is 0 Å². The Labute approximate surface area is 117 Å². The highest BCUT2D eigenvalue weighted by Gasteiger charge is 2.32. The van der Waals surface area contributed by atoms with Gasteiger partial charge in [-0.3, -0.25) is 4.79 Å². The molecule has 0 bridgehead atoms. The molecule has 0 saturated carbocycles. The number of hydrogen-bond acceptors (Lipinski definition) is 3. The van der Waals surface area contributed by atoms with Gasteiger partial charge >= 0.3 is 0 Å². The van der Waals surface area contributed by atoms with Gasteiger partial charge < -0.3 is 0 Å². The topological polar surface area (TPSA) is 51.2 Å². The van der Waals surface area contributed by atoms with Crippen LogP contribution in [-0.4, -0.2) is 20.0 Å². The molecule has 0 spiro atoms. The lowest BCUT2D eigenvalue weighted by molar-refractivity contribution is 0.103. The largest absolute Gasteiger partial charge is 0.289 e. The SMILES string of the molecule is O=C1/C(=C/c2ccccc2)CS(=O)(=O)c2ccccc21. The van der Waals surface area contributed by atoms with E-state index in [1.165, 1.54) is 6.07 Å². The number of Topliss-reactive ketones (excluding diaryl/α,β-unsaturated/α-hetero) is 1. The Morgan fingerprint density at radius 2 is 1.55 bits per heavy atom. The molecule has 0 amide bonds. The second-order valence-electron chi connectivity index (χ2n) is 4.66. The van der Waals surface area contributed by atoms with Crippen molar-refractivity contribution < 1.29 is 13.2 Å². The molecule has 100 valence electrons. The van der Waals surface area contributed by atoms with Crippen LogP contribution in [0.1, 0.15) is 15.9 Å². The highest BCUT2D eigenvalue weighted by Crippen LogP contribution is 2.28. The number of carbonyl (C=O) groups excluding carboxylic acids is 1. The molecule has 1 heterocycles. The van der Waals surface area contributed by atoms with E-state index in [0.717, 1.165) is 5.56 Å². The van der Waals surface area contributed by atoms with Crippen molar-refractivity contribution in [1.82, 2.24) is 0 Å². The van der Waals surface area contributed by atoms with Gasteiger partial charge in [-0.1, -0.05) is 42.5 Å². The molecule has 0 fully saturated rings. The van der Waals surface area contributed by atoms with E-state index in [2.05, 4.69) is 0 Å². The number of carbonyl (C=O) groups is 1. The summed E-state index contributed by atoms with van der Waals surface area (Å²) in [6, 6.07) is 15.6. The van der Waals surface area contributed by atoms with E-state index in [1.807, 2.05) is 30.3 Å². The monoisotopic (exact) mass is 284 g/mol. The summed E-state index contributed by atoms with van der Waals surface area (Å²) in [6.07, 6.45) is 1.65. The van der Waals surface area contributed by atoms with Crippen molar-refractivity contribution in [1.29, 1.82) is 0 Å². The zero-order valence-corrected chi connectivity index (χ0v) is 11.4. The molecule has 3 rings (SSSR count). The van der Waals surface area contributed by atoms with Crippen molar-refractivity contribution in [2.24, 2.45) is 0 Å². The van der Waals surface area contributed by atoms with Crippen molar-refractivity contribution in [3.8, 4) is 0 Å². The minimum absolute atomic E-state index is 0.134. The van der Waals surface area contributed by atoms with Crippen molar-refractivity contribution in [3.05, 3.63) is 71.3 Å². The maximum atomic E-state index is 12.4. The van der Waals surface area contributed by atoms with Crippen LogP contribution in [0.5, 0.6) is 0 Å². The number of hydrogen-bond donors (Lipinski definition) is 0. The Bertz CT molecular complexity index is 803. The third kappa shape index (κ3) is 2.18. The number of rotatable bonds is 1. The van der Waals surface area contributed by atoms with Gasteiger partial charge in [-0.25, -0.2) is 8.42 Å². The van der Waals surface area contributed by atoms with Gasteiger partial charge in [-0.2, -0.15) is 0 Å². The molecule has 0 unspecified atom stereocenters. The van der Waals surface area contributed by atoms with Crippen LogP contribution in [0.15, 0.2) is 65.1 Å². The molecule has 1 aliphatic rings. The van der Waals surface area contributed by atoms with Gasteiger partial charge in [0.2, 0.25) is 0 Å². The quantitative estimate of drug-likeness (QED) is 0.757. The average molecular weight is 284 g/mol. The smallest absolute Gasteiger partial charge is 0.191 e. The fraction of sp³-hybridized carbons (Fsp3) is 0.0625. The molecule has 0 radical (unpaired) electrons. The van der Waals surface area contributed by atoms with Gasteiger partial charge in [-0.05, 0) is 23.8 Å². The fourth-order valence-electron chi connectivity index (χ4n) is 2.30. The molecule has 4 heteroatoms. The van der Waals surface area contributed by atoms with Gasteiger partial charge in [-0.15, -0.1) is 0 Å². The van der Waals surface area contributed by atoms with Gasteiger partial charge in [0, 0.05) is 11.1 Å². The van der Waals surface area contributed by atoms with E-state index in [4.69, 9.17) is 0 Å². The fourth-order valence-corrected chi connectivity index (χ4v) is 3.87. The van der Waals surface area contributed by atoms with Crippen LogP contribution in [0.2, 0.25) is 0 Å². The van der Waals surface area contributed by atoms with Gasteiger partial charge in [0.25, 0.3) is 0 Å². The molecule has 3 nitrogen and oxygen atoms in total. The minimum Gasteiger partial charge on any atom is -0.289 e. The molecule has 20 heavy (non-hydrogen) atoms. The zero-order chi connectivity index (χ0) is 14.2. The Morgan fingerprint density at radius 3 is 2.30 bits per heavy atom. The van der Waals surface area contributed by atoms with Crippen LogP contribution in [0.3, 0.4) is 0 Å². The molecule has 1 aliphatic heterocycles. The normalized spacial score (nSPS) is 18.8. The second kappa shape index (κ2) is 4.72. The maximum absolute atomic E-state index is 12.4. The Hall–Kier alpha value is -2.20. The lowest BCUT2D eigenvalue weighted by Crippen LogP contribution is -2.24. The third-order valence-electron chi connectivity index (χ3n) is 3.24. The summed E-state index contributed by atoms with van der Waals surface area (Å²) in [6.45, 7) is 0. The summed E-state index contributed by atoms with van der Waals surface area (Å²) in [5.41, 5.74) is 1.40. The van der Waals surface area contributed by atoms with E-state index in [-0.39, 0.29) is 22.0 Å². The summed E-state index contributed by atoms with van der Waals surface area (Å²) in [4.78, 5) is 12.5. The first-order valence-corrected chi connectivity index (χ1v) is 7.85. The van der Waals surface area contributed by atoms with E-state index in [9.17, 15) is 13.2 Å². The number of sulfone groups is 1. The minimum atomic E-state index is -3.43. The summed E-state index contributed by atoms with van der Waals surface area (Å²) < 4.78 is 24.5. The van der Waals surface area contributed by atoms with Crippen LogP contribution >= 0.6 is 0 Å². The first kappa shape index (κ1) is 12.8. The van der Waals surface area contributed by atoms with Gasteiger partial charge in [0.05, 0.1) is 10.6 Å². The van der Waals surface area contributed by atoms with E-state index in [1.54, 1.807) is 24.3 Å². The van der Waals surface area contributed by atoms with Gasteiger partial charge in [0.15, 0.2) is 15.6 Å². The van der Waals surface area contributed by atoms with E-state index < -0.39 is 9.84 Å². The van der Waals surface area contributed by atoms with E-state index in [0.29, 0.717) is 5.57 Å². The van der Waals surface area contributed by atoms with Crippen LogP contribution < -0.4 is 0 Å². The molecular weight excluding hydrogens is 272 g/mol. The molecule has 2 aromatic rings. The number of ketones is 1. The Morgan fingerprint density at radius 1 is 0.900 bits per heavy atom. The Balaban J connectivity index is 2.15. The Kier molecular flexibility index (Phi) is 3.03. The van der Waals surface area contributed by atoms with Crippen LogP contribution in [0, 0.1) is 0 Å². The number of benzene rings is 2. The van der Waals surface area contributed by atoms with Crippen LogP contribution in [-0.2, 0) is 9.84 Å². The summed E-state index contributed by atoms with van der Waals surface area (Å²) in [7, 11) is -3.43. The molecule has 2 aromatic carbocycles. The van der Waals surface area contributed by atoms with Crippen LogP contribution in [0.25, 0.3) is 6.08 Å². The summed E-state index contributed by atoms with van der Waals surface area (Å²) in [5.74, 6) is -0.447. The molecule has 0 N–H and O–H groups in total. The first-order valence-electron chi connectivity index (χ1n) is 6.20. The first-order chi connectivity index (χ1) is 9.58.